The van der Waals surface area contributed by atoms with Crippen LogP contribution in [0.3, 0.4) is 0 Å². The van der Waals surface area contributed by atoms with E-state index in [9.17, 15) is 13.2 Å². The van der Waals surface area contributed by atoms with Gasteiger partial charge in [0, 0.05) is 30.4 Å². The number of ether oxygens (including phenoxy) is 3. The molecule has 0 radical (unpaired) electrons. The fourth-order valence-electron chi connectivity index (χ4n) is 6.69. The quantitative estimate of drug-likeness (QED) is 0.0696. The Morgan fingerprint density at radius 1 is 0.912 bits per heavy atom. The Morgan fingerprint density at radius 3 is 2.14 bits per heavy atom. The van der Waals surface area contributed by atoms with Gasteiger partial charge in [-0.25, -0.2) is 29.3 Å². The minimum atomic E-state index is -4.97. The van der Waals surface area contributed by atoms with E-state index in [-0.39, 0.29) is 47.5 Å². The zero-order chi connectivity index (χ0) is 40.4. The summed E-state index contributed by atoms with van der Waals surface area (Å²) >= 11 is 7.93. The molecule has 0 fully saturated rings. The van der Waals surface area contributed by atoms with Crippen molar-refractivity contribution >= 4 is 51.7 Å². The average molecular weight is 821 g/mol. The Kier molecular flexibility index (Phi) is 11.4. The van der Waals surface area contributed by atoms with Crippen LogP contribution in [-0.2, 0) is 19.3 Å². The van der Waals surface area contributed by atoms with Gasteiger partial charge in [0.05, 0.1) is 43.1 Å². The molecule has 5 heterocycles. The molecule has 0 amide bonds. The lowest BCUT2D eigenvalue weighted by Gasteiger charge is -2.31. The minimum absolute atomic E-state index is 0.0429. The molecule has 17 heteroatoms. The first-order valence-corrected chi connectivity index (χ1v) is 19.3. The number of pyridine rings is 3. The molecule has 2 aromatic carbocycles. The molecule has 0 bridgehead atoms. The molecule has 1 atom stereocenters. The van der Waals surface area contributed by atoms with Crippen molar-refractivity contribution in [2.45, 2.75) is 44.3 Å². The molecule has 2 N–H and O–H groups in total. The number of hydrogen-bond donors (Lipinski definition) is 2. The molecule has 57 heavy (non-hydrogen) atoms. The fourth-order valence-corrected chi connectivity index (χ4v) is 7.35. The number of thioether (sulfide) groups is 1. The van der Waals surface area contributed by atoms with E-state index < -0.39 is 45.6 Å². The summed E-state index contributed by atoms with van der Waals surface area (Å²) in [5, 5.41) is 6.27. The van der Waals surface area contributed by atoms with E-state index in [1.54, 1.807) is 43.8 Å². The van der Waals surface area contributed by atoms with Gasteiger partial charge in [-0.3, -0.25) is 0 Å². The van der Waals surface area contributed by atoms with Gasteiger partial charge >= 0.3 is 6.18 Å². The topological polar surface area (TPSA) is 119 Å². The summed E-state index contributed by atoms with van der Waals surface area (Å²) in [7, 11) is 3.15. The lowest BCUT2D eigenvalue weighted by molar-refractivity contribution is -0.137. The van der Waals surface area contributed by atoms with Crippen LogP contribution < -0.4 is 29.7 Å². The number of aromatic nitrogens is 5. The number of hydrogen-bond acceptors (Lipinski definition) is 12. The van der Waals surface area contributed by atoms with E-state index >= 15 is 4.39 Å². The number of alkyl halides is 3. The van der Waals surface area contributed by atoms with Crippen LogP contribution in [0.25, 0.3) is 22.2 Å². The van der Waals surface area contributed by atoms with Gasteiger partial charge in [-0.2, -0.15) is 13.2 Å². The Labute approximate surface area is 335 Å². The maximum atomic E-state index is 17.1. The molecule has 6 aromatic rings. The molecule has 0 saturated carbocycles. The third-order valence-electron chi connectivity index (χ3n) is 9.57. The maximum Gasteiger partial charge on any atom is 0.418 e. The summed E-state index contributed by atoms with van der Waals surface area (Å²) in [6.45, 7) is 4.09. The second-order valence-electron chi connectivity index (χ2n) is 13.0. The highest BCUT2D eigenvalue weighted by Crippen LogP contribution is 2.48. The van der Waals surface area contributed by atoms with E-state index in [0.29, 0.717) is 23.9 Å². The third kappa shape index (κ3) is 8.01. The molecule has 4 aromatic heterocycles. The van der Waals surface area contributed by atoms with E-state index in [0.717, 1.165) is 34.2 Å². The minimum Gasteiger partial charge on any atom is -0.497 e. The molecule has 1 aliphatic rings. The van der Waals surface area contributed by atoms with Crippen LogP contribution in [0.1, 0.15) is 40.9 Å². The van der Waals surface area contributed by atoms with Crippen molar-refractivity contribution in [3.8, 4) is 28.6 Å². The van der Waals surface area contributed by atoms with Crippen LogP contribution >= 0.6 is 23.4 Å². The summed E-state index contributed by atoms with van der Waals surface area (Å²) in [6.07, 6.45) is -1.56. The first-order valence-electron chi connectivity index (χ1n) is 17.7. The van der Waals surface area contributed by atoms with Gasteiger partial charge in [-0.1, -0.05) is 53.7 Å². The van der Waals surface area contributed by atoms with Crippen molar-refractivity contribution in [2.75, 3.05) is 49.2 Å². The number of nitrogens with one attached hydrogen (secondary N) is 2. The van der Waals surface area contributed by atoms with Crippen molar-refractivity contribution in [2.24, 2.45) is 0 Å². The number of benzene rings is 2. The summed E-state index contributed by atoms with van der Waals surface area (Å²) in [5.74, 6) is 0.985. The molecular formula is C40H37ClF4N8O3S. The van der Waals surface area contributed by atoms with Crippen LogP contribution in [0.15, 0.2) is 72.0 Å². The third-order valence-corrected chi connectivity index (χ3v) is 10.5. The van der Waals surface area contributed by atoms with Crippen molar-refractivity contribution in [3.63, 3.8) is 0 Å². The summed E-state index contributed by atoms with van der Waals surface area (Å²) < 4.78 is 78.3. The Morgan fingerprint density at radius 2 is 1.54 bits per heavy atom. The molecular weight excluding hydrogens is 784 g/mol. The second kappa shape index (κ2) is 16.5. The van der Waals surface area contributed by atoms with Gasteiger partial charge in [0.1, 0.15) is 52.2 Å². The summed E-state index contributed by atoms with van der Waals surface area (Å²) in [6, 6.07) is 18.1. The zero-order valence-electron chi connectivity index (χ0n) is 31.5. The monoisotopic (exact) mass is 820 g/mol. The highest BCUT2D eigenvalue weighted by Gasteiger charge is 2.41. The largest absolute Gasteiger partial charge is 0.497 e. The number of aryl methyl sites for hydroxylation is 1. The van der Waals surface area contributed by atoms with Crippen molar-refractivity contribution in [3.05, 3.63) is 106 Å². The van der Waals surface area contributed by atoms with Gasteiger partial charge in [0.15, 0.2) is 11.0 Å². The Bertz CT molecular complexity index is 2420. The lowest BCUT2D eigenvalue weighted by atomic mass is 10.0. The Hall–Kier alpha value is -5.61. The van der Waals surface area contributed by atoms with E-state index in [1.807, 2.05) is 48.2 Å². The summed E-state index contributed by atoms with van der Waals surface area (Å²) in [5.41, 5.74) is -0.673. The van der Waals surface area contributed by atoms with Crippen molar-refractivity contribution in [1.82, 2.24) is 24.9 Å². The summed E-state index contributed by atoms with van der Waals surface area (Å²) in [4.78, 5) is 24.4. The van der Waals surface area contributed by atoms with Gasteiger partial charge in [-0.05, 0) is 61.6 Å². The number of nitrogens with zero attached hydrogens (tertiary/aromatic N) is 6. The smallest absolute Gasteiger partial charge is 0.418 e. The molecule has 1 aliphatic heterocycles. The number of methoxy groups -OCH3 is 2. The standard InChI is InChI=1S/C40H37ClF4N8O3S/c1-21-30(40(43,44)45)28(31(41)36(49-21)48-20-24-10-14-26(55-4)15-11-24)33-32(42)34-29-37(52-39(51-34)57-5)53(17-18-56-38(29)50-33)22(2)27-7-6-16-46-35(27)47-19-23-8-12-25(54-3)13-9-23/h6-16,22H,17-20H2,1-5H3,(H,46,47)(H,48,49)/t22-/m1/s1. The van der Waals surface area contributed by atoms with Crippen molar-refractivity contribution < 1.29 is 31.8 Å². The normalized spacial score (nSPS) is 13.2. The highest BCUT2D eigenvalue weighted by molar-refractivity contribution is 7.98. The van der Waals surface area contributed by atoms with Crippen LogP contribution in [0.2, 0.25) is 5.02 Å². The second-order valence-corrected chi connectivity index (χ2v) is 14.2. The van der Waals surface area contributed by atoms with E-state index in [2.05, 4.69) is 30.6 Å². The van der Waals surface area contributed by atoms with Gasteiger partial charge in [0.25, 0.3) is 0 Å². The number of rotatable bonds is 12. The van der Waals surface area contributed by atoms with Crippen LogP contribution in [0, 0.1) is 12.7 Å². The van der Waals surface area contributed by atoms with E-state index in [1.165, 1.54) is 14.0 Å². The predicted octanol–water partition coefficient (Wildman–Crippen LogP) is 9.52. The molecule has 0 saturated heterocycles. The van der Waals surface area contributed by atoms with Gasteiger partial charge < -0.3 is 29.7 Å². The fraction of sp³-hybridized carbons (Fsp3) is 0.275. The van der Waals surface area contributed by atoms with Gasteiger partial charge in [0.2, 0.25) is 5.88 Å². The highest BCUT2D eigenvalue weighted by atomic mass is 35.5. The van der Waals surface area contributed by atoms with Crippen LogP contribution in [0.5, 0.6) is 17.4 Å². The number of anilines is 3. The Balaban J connectivity index is 1.31. The maximum absolute atomic E-state index is 17.1. The lowest BCUT2D eigenvalue weighted by Crippen LogP contribution is -2.31. The zero-order valence-corrected chi connectivity index (χ0v) is 33.0. The molecule has 0 aliphatic carbocycles. The predicted molar refractivity (Wildman–Crippen MR) is 213 cm³/mol. The van der Waals surface area contributed by atoms with Crippen LogP contribution in [0.4, 0.5) is 35.0 Å². The van der Waals surface area contributed by atoms with Crippen LogP contribution in [-0.4, -0.2) is 58.5 Å². The van der Waals surface area contributed by atoms with E-state index in [4.69, 9.17) is 30.8 Å². The SMILES string of the molecule is COc1ccc(CNc2ncccc2[C@@H](C)N2CCOc3nc(-c4c(Cl)c(NCc5ccc(OC)cc5)nc(C)c4C(F)(F)F)c(F)c4nc(SC)nc2c34)cc1. The number of halogens is 5. The molecule has 7 rings (SSSR count). The molecule has 0 spiro atoms. The first kappa shape index (κ1) is 39.6. The first-order chi connectivity index (χ1) is 27.4. The van der Waals surface area contributed by atoms with Gasteiger partial charge in [-0.15, -0.1) is 0 Å². The molecule has 296 valence electrons. The average Bonchev–Trinajstić information content (AvgIpc) is 3.40. The van der Waals surface area contributed by atoms with Crippen molar-refractivity contribution in [1.29, 1.82) is 0 Å². The molecule has 11 nitrogen and oxygen atoms in total. The molecule has 0 unspecified atom stereocenters.